The highest BCUT2D eigenvalue weighted by Gasteiger charge is 2.19. The Balaban J connectivity index is 1.75. The standard InChI is InChI=1S/C18H28N4O2/c1-2-19-18(22-15-8-10-16(23)11-9-15)21-13-12-20-17(24)14-6-4-3-5-7-14/h3-7,15-16,23H,2,8-13H2,1H3,(H,20,24)(H2,19,21,22). The average Bonchev–Trinajstić information content (AvgIpc) is 2.61. The van der Waals surface area contributed by atoms with Crippen molar-refractivity contribution in [1.29, 1.82) is 0 Å². The molecule has 0 aliphatic heterocycles. The van der Waals surface area contributed by atoms with Gasteiger partial charge >= 0.3 is 0 Å². The maximum atomic E-state index is 11.9. The first kappa shape index (κ1) is 18.3. The van der Waals surface area contributed by atoms with Crippen LogP contribution in [0.3, 0.4) is 0 Å². The van der Waals surface area contributed by atoms with E-state index in [0.717, 1.165) is 38.2 Å². The van der Waals surface area contributed by atoms with E-state index in [4.69, 9.17) is 0 Å². The van der Waals surface area contributed by atoms with Gasteiger partial charge < -0.3 is 21.1 Å². The highest BCUT2D eigenvalue weighted by Crippen LogP contribution is 2.18. The molecule has 0 heterocycles. The van der Waals surface area contributed by atoms with Crippen LogP contribution in [0.4, 0.5) is 0 Å². The van der Waals surface area contributed by atoms with Crippen molar-refractivity contribution in [2.24, 2.45) is 4.99 Å². The summed E-state index contributed by atoms with van der Waals surface area (Å²) in [6.07, 6.45) is 3.43. The zero-order valence-electron chi connectivity index (χ0n) is 14.3. The molecule has 6 nitrogen and oxygen atoms in total. The largest absolute Gasteiger partial charge is 0.393 e. The number of hydrogen-bond acceptors (Lipinski definition) is 3. The van der Waals surface area contributed by atoms with Crippen LogP contribution in [-0.4, -0.2) is 48.8 Å². The monoisotopic (exact) mass is 332 g/mol. The molecule has 0 bridgehead atoms. The van der Waals surface area contributed by atoms with Crippen molar-refractivity contribution in [2.75, 3.05) is 19.6 Å². The number of amides is 1. The van der Waals surface area contributed by atoms with Gasteiger partial charge in [-0.1, -0.05) is 18.2 Å². The molecule has 2 rings (SSSR count). The molecule has 0 saturated heterocycles. The minimum atomic E-state index is -0.157. The molecule has 0 spiro atoms. The molecule has 0 unspecified atom stereocenters. The molecular formula is C18H28N4O2. The van der Waals surface area contributed by atoms with E-state index in [1.807, 2.05) is 25.1 Å². The van der Waals surface area contributed by atoms with Crippen LogP contribution in [0, 0.1) is 0 Å². The lowest BCUT2D eigenvalue weighted by Gasteiger charge is -2.27. The van der Waals surface area contributed by atoms with Crippen LogP contribution in [-0.2, 0) is 0 Å². The third kappa shape index (κ3) is 6.20. The third-order valence-corrected chi connectivity index (χ3v) is 4.09. The van der Waals surface area contributed by atoms with E-state index in [9.17, 15) is 9.90 Å². The van der Waals surface area contributed by atoms with Crippen LogP contribution in [0.15, 0.2) is 35.3 Å². The maximum absolute atomic E-state index is 11.9. The minimum Gasteiger partial charge on any atom is -0.393 e. The molecule has 0 aromatic heterocycles. The topological polar surface area (TPSA) is 85.8 Å². The van der Waals surface area contributed by atoms with E-state index in [1.54, 1.807) is 12.1 Å². The van der Waals surface area contributed by atoms with Gasteiger partial charge in [-0.2, -0.15) is 0 Å². The summed E-state index contributed by atoms with van der Waals surface area (Å²) >= 11 is 0. The number of carbonyl (C=O) groups is 1. The molecule has 24 heavy (non-hydrogen) atoms. The number of guanidine groups is 1. The Morgan fingerprint density at radius 2 is 1.88 bits per heavy atom. The molecule has 1 aromatic rings. The summed E-state index contributed by atoms with van der Waals surface area (Å²) in [6, 6.07) is 9.52. The van der Waals surface area contributed by atoms with Gasteiger partial charge in [0.2, 0.25) is 0 Å². The van der Waals surface area contributed by atoms with Gasteiger partial charge in [0.1, 0.15) is 0 Å². The van der Waals surface area contributed by atoms with Gasteiger partial charge in [-0.25, -0.2) is 0 Å². The smallest absolute Gasteiger partial charge is 0.251 e. The van der Waals surface area contributed by atoms with Crippen LogP contribution in [0.2, 0.25) is 0 Å². The van der Waals surface area contributed by atoms with Gasteiger partial charge in [0.15, 0.2) is 5.96 Å². The molecule has 0 radical (unpaired) electrons. The van der Waals surface area contributed by atoms with Crippen LogP contribution in [0.25, 0.3) is 0 Å². The number of aliphatic imine (C=N–C) groups is 1. The van der Waals surface area contributed by atoms with Crippen molar-refractivity contribution in [2.45, 2.75) is 44.8 Å². The minimum absolute atomic E-state index is 0.0787. The molecule has 1 aliphatic carbocycles. The zero-order valence-corrected chi connectivity index (χ0v) is 14.3. The van der Waals surface area contributed by atoms with Crippen LogP contribution in [0.1, 0.15) is 43.0 Å². The zero-order chi connectivity index (χ0) is 17.2. The molecule has 0 atom stereocenters. The summed E-state index contributed by atoms with van der Waals surface area (Å²) in [5, 5.41) is 19.1. The van der Waals surface area contributed by atoms with Gasteiger partial charge in [0.25, 0.3) is 5.91 Å². The lowest BCUT2D eigenvalue weighted by atomic mass is 9.93. The van der Waals surface area contributed by atoms with Gasteiger partial charge in [0.05, 0.1) is 12.6 Å². The number of aliphatic hydroxyl groups is 1. The van der Waals surface area contributed by atoms with E-state index < -0.39 is 0 Å². The maximum Gasteiger partial charge on any atom is 0.251 e. The summed E-state index contributed by atoms with van der Waals surface area (Å²) in [5.41, 5.74) is 0.660. The quantitative estimate of drug-likeness (QED) is 0.359. The molecule has 1 amide bonds. The Hall–Kier alpha value is -2.08. The second-order valence-corrected chi connectivity index (χ2v) is 6.03. The van der Waals surface area contributed by atoms with E-state index >= 15 is 0 Å². The molecule has 1 saturated carbocycles. The first-order valence-electron chi connectivity index (χ1n) is 8.75. The molecule has 1 aromatic carbocycles. The molecular weight excluding hydrogens is 304 g/mol. The van der Waals surface area contributed by atoms with Crippen LogP contribution in [0.5, 0.6) is 0 Å². The van der Waals surface area contributed by atoms with Gasteiger partial charge in [0, 0.05) is 24.7 Å². The van der Waals surface area contributed by atoms with Gasteiger partial charge in [-0.3, -0.25) is 9.79 Å². The molecule has 6 heteroatoms. The number of benzene rings is 1. The molecule has 132 valence electrons. The second-order valence-electron chi connectivity index (χ2n) is 6.03. The van der Waals surface area contributed by atoms with E-state index in [-0.39, 0.29) is 12.0 Å². The predicted molar refractivity (Wildman–Crippen MR) is 96.2 cm³/mol. The fourth-order valence-corrected chi connectivity index (χ4v) is 2.76. The lowest BCUT2D eigenvalue weighted by Crippen LogP contribution is -2.45. The Morgan fingerprint density at radius 3 is 2.54 bits per heavy atom. The van der Waals surface area contributed by atoms with E-state index in [2.05, 4.69) is 20.9 Å². The van der Waals surface area contributed by atoms with Crippen molar-refractivity contribution in [3.63, 3.8) is 0 Å². The van der Waals surface area contributed by atoms with Crippen molar-refractivity contribution < 1.29 is 9.90 Å². The van der Waals surface area contributed by atoms with Crippen molar-refractivity contribution in [1.82, 2.24) is 16.0 Å². The number of rotatable bonds is 6. The normalized spacial score (nSPS) is 21.2. The van der Waals surface area contributed by atoms with Gasteiger partial charge in [-0.05, 0) is 44.7 Å². The van der Waals surface area contributed by atoms with Crippen LogP contribution >= 0.6 is 0 Å². The first-order valence-corrected chi connectivity index (χ1v) is 8.75. The first-order chi connectivity index (χ1) is 11.7. The fourth-order valence-electron chi connectivity index (χ4n) is 2.76. The predicted octanol–water partition coefficient (Wildman–Crippen LogP) is 1.27. The Morgan fingerprint density at radius 1 is 1.17 bits per heavy atom. The SMILES string of the molecule is CCNC(=NCCNC(=O)c1ccccc1)NC1CCC(O)CC1. The fraction of sp³-hybridized carbons (Fsp3) is 0.556. The number of carbonyl (C=O) groups excluding carboxylic acids is 1. The van der Waals surface area contributed by atoms with E-state index in [0.29, 0.717) is 24.7 Å². The number of nitrogens with one attached hydrogen (secondary N) is 3. The third-order valence-electron chi connectivity index (χ3n) is 4.09. The number of hydrogen-bond donors (Lipinski definition) is 4. The molecule has 1 aliphatic rings. The highest BCUT2D eigenvalue weighted by molar-refractivity contribution is 5.94. The Bertz CT molecular complexity index is 525. The summed E-state index contributed by atoms with van der Waals surface area (Å²) in [5.74, 6) is 0.692. The van der Waals surface area contributed by atoms with Crippen molar-refractivity contribution in [3.8, 4) is 0 Å². The summed E-state index contributed by atoms with van der Waals surface area (Å²) in [4.78, 5) is 16.5. The lowest BCUT2D eigenvalue weighted by molar-refractivity contribution is 0.0955. The Labute approximate surface area is 143 Å². The summed E-state index contributed by atoms with van der Waals surface area (Å²) in [7, 11) is 0. The van der Waals surface area contributed by atoms with Gasteiger partial charge in [-0.15, -0.1) is 0 Å². The number of nitrogens with zero attached hydrogens (tertiary/aromatic N) is 1. The molecule has 1 fully saturated rings. The van der Waals surface area contributed by atoms with Crippen LogP contribution < -0.4 is 16.0 Å². The highest BCUT2D eigenvalue weighted by atomic mass is 16.3. The summed E-state index contributed by atoms with van der Waals surface area (Å²) < 4.78 is 0. The number of aliphatic hydroxyl groups excluding tert-OH is 1. The van der Waals surface area contributed by atoms with Crippen molar-refractivity contribution >= 4 is 11.9 Å². The average molecular weight is 332 g/mol. The Kier molecular flexibility index (Phi) is 7.55. The second kappa shape index (κ2) is 9.93. The van der Waals surface area contributed by atoms with Crippen molar-refractivity contribution in [3.05, 3.63) is 35.9 Å². The van der Waals surface area contributed by atoms with E-state index in [1.165, 1.54) is 0 Å². The molecule has 4 N–H and O–H groups in total. The summed E-state index contributed by atoms with van der Waals surface area (Å²) in [6.45, 7) is 3.83.